The number of aliphatic hydroxyl groups is 1. The number of benzene rings is 2. The SMILES string of the molecule is CC.CC(=O)c1ccc(-c2ccc(C)cc2)cc1.CCC(C(N)=O)C(=O)CO.CCC(C)CC.CCCCC. The maximum absolute atomic E-state index is 11.1. The van der Waals surface area contributed by atoms with Crippen molar-refractivity contribution in [2.45, 2.75) is 108 Å². The molecular formula is C34H57NO4. The number of amides is 1. The standard InChI is InChI=1S/C15H14O.C6H11NO3.C6H14.C5H12.C2H6/c1-11-3-5-14(6-4-11)15-9-7-13(8-10-15)12(2)16;1-2-4(6(7)10)5(9)3-8;1-4-6(3)5-2;1-3-5-4-2;1-2/h3-10H,1-2H3;4,8H,2-3H2,1H3,(H2,7,10);6H,4-5H2,1-3H3;3-5H2,1-2H3;1-2H3. The Morgan fingerprint density at radius 1 is 0.769 bits per heavy atom. The zero-order valence-electron chi connectivity index (χ0n) is 26.5. The van der Waals surface area contributed by atoms with Crippen LogP contribution in [0.5, 0.6) is 0 Å². The smallest absolute Gasteiger partial charge is 0.228 e. The van der Waals surface area contributed by atoms with E-state index in [0.717, 1.165) is 17.0 Å². The number of Topliss-reactive ketones (excluding diaryl/α,β-unsaturated/α-hetero) is 2. The average Bonchev–Trinajstić information content (AvgIpc) is 2.95. The first kappa shape index (κ1) is 40.7. The fourth-order valence-electron chi connectivity index (χ4n) is 2.98. The molecule has 2 aromatic carbocycles. The summed E-state index contributed by atoms with van der Waals surface area (Å²) < 4.78 is 0. The number of carbonyl (C=O) groups is 3. The van der Waals surface area contributed by atoms with Crippen molar-refractivity contribution in [3.63, 3.8) is 0 Å². The van der Waals surface area contributed by atoms with E-state index in [9.17, 15) is 14.4 Å². The van der Waals surface area contributed by atoms with Crippen molar-refractivity contribution in [3.8, 4) is 11.1 Å². The summed E-state index contributed by atoms with van der Waals surface area (Å²) in [6.07, 6.45) is 7.09. The van der Waals surface area contributed by atoms with Gasteiger partial charge in [0.15, 0.2) is 11.6 Å². The topological polar surface area (TPSA) is 97.5 Å². The van der Waals surface area contributed by atoms with E-state index in [1.165, 1.54) is 43.2 Å². The van der Waals surface area contributed by atoms with Crippen molar-refractivity contribution in [1.29, 1.82) is 0 Å². The lowest BCUT2D eigenvalue weighted by Gasteiger charge is -2.05. The minimum atomic E-state index is -0.815. The molecule has 5 heteroatoms. The number of rotatable bonds is 10. The van der Waals surface area contributed by atoms with Crippen molar-refractivity contribution in [2.24, 2.45) is 17.6 Å². The molecule has 0 saturated heterocycles. The first-order valence-corrected chi connectivity index (χ1v) is 14.6. The van der Waals surface area contributed by atoms with Crippen LogP contribution >= 0.6 is 0 Å². The van der Waals surface area contributed by atoms with E-state index in [-0.39, 0.29) is 5.78 Å². The largest absolute Gasteiger partial charge is 0.389 e. The van der Waals surface area contributed by atoms with Crippen LogP contribution in [-0.4, -0.2) is 29.2 Å². The number of primary amides is 1. The Balaban J connectivity index is -0.000000484. The van der Waals surface area contributed by atoms with Gasteiger partial charge in [0.25, 0.3) is 0 Å². The number of hydrogen-bond acceptors (Lipinski definition) is 4. The third-order valence-corrected chi connectivity index (χ3v) is 6.07. The highest BCUT2D eigenvalue weighted by Gasteiger charge is 2.20. The van der Waals surface area contributed by atoms with Crippen molar-refractivity contribution in [3.05, 3.63) is 59.7 Å². The molecule has 0 aliphatic heterocycles. The third kappa shape index (κ3) is 20.8. The summed E-state index contributed by atoms with van der Waals surface area (Å²) >= 11 is 0. The van der Waals surface area contributed by atoms with Crippen LogP contribution in [0.1, 0.15) is 117 Å². The number of aryl methyl sites for hydroxylation is 1. The third-order valence-electron chi connectivity index (χ3n) is 6.07. The van der Waals surface area contributed by atoms with Gasteiger partial charge in [-0.3, -0.25) is 14.4 Å². The van der Waals surface area contributed by atoms with Crippen molar-refractivity contribution in [1.82, 2.24) is 0 Å². The maximum Gasteiger partial charge on any atom is 0.228 e. The van der Waals surface area contributed by atoms with Crippen LogP contribution in [0, 0.1) is 18.8 Å². The Kier molecular flexibility index (Phi) is 28.0. The Labute approximate surface area is 239 Å². The summed E-state index contributed by atoms with van der Waals surface area (Å²) in [6, 6.07) is 16.1. The number of unbranched alkanes of at least 4 members (excludes halogenated alkanes) is 2. The van der Waals surface area contributed by atoms with E-state index in [1.54, 1.807) is 13.8 Å². The quantitative estimate of drug-likeness (QED) is 0.231. The average molecular weight is 544 g/mol. The molecule has 2 rings (SSSR count). The molecule has 0 aromatic heterocycles. The van der Waals surface area contributed by atoms with Gasteiger partial charge in [-0.25, -0.2) is 0 Å². The van der Waals surface area contributed by atoms with Crippen LogP contribution in [0.2, 0.25) is 0 Å². The van der Waals surface area contributed by atoms with E-state index in [4.69, 9.17) is 10.8 Å². The van der Waals surface area contributed by atoms with Crippen molar-refractivity contribution >= 4 is 17.5 Å². The second-order valence-electron chi connectivity index (χ2n) is 9.26. The zero-order valence-corrected chi connectivity index (χ0v) is 26.5. The molecule has 1 amide bonds. The van der Waals surface area contributed by atoms with Gasteiger partial charge in [0.1, 0.15) is 6.61 Å². The predicted octanol–water partition coefficient (Wildman–Crippen LogP) is 8.59. The first-order chi connectivity index (χ1) is 18.5. The van der Waals surface area contributed by atoms with Gasteiger partial charge in [-0.2, -0.15) is 0 Å². The van der Waals surface area contributed by atoms with Crippen LogP contribution in [0.3, 0.4) is 0 Å². The summed E-state index contributed by atoms with van der Waals surface area (Å²) in [5, 5.41) is 8.33. The van der Waals surface area contributed by atoms with Gasteiger partial charge in [0.2, 0.25) is 5.91 Å². The molecule has 0 radical (unpaired) electrons. The monoisotopic (exact) mass is 543 g/mol. The molecule has 222 valence electrons. The molecule has 39 heavy (non-hydrogen) atoms. The molecule has 1 atom stereocenters. The van der Waals surface area contributed by atoms with E-state index in [1.807, 2.05) is 38.1 Å². The Morgan fingerprint density at radius 2 is 1.18 bits per heavy atom. The zero-order chi connectivity index (χ0) is 30.8. The summed E-state index contributed by atoms with van der Waals surface area (Å²) in [5.74, 6) is -0.943. The first-order valence-electron chi connectivity index (χ1n) is 14.6. The summed E-state index contributed by atoms with van der Waals surface area (Å²) in [4.78, 5) is 32.2. The Hall–Kier alpha value is -2.79. The highest BCUT2D eigenvalue weighted by Crippen LogP contribution is 2.20. The minimum absolute atomic E-state index is 0.107. The molecule has 0 heterocycles. The predicted molar refractivity (Wildman–Crippen MR) is 168 cm³/mol. The van der Waals surface area contributed by atoms with Gasteiger partial charge < -0.3 is 10.8 Å². The molecule has 0 bridgehead atoms. The number of carbonyl (C=O) groups excluding carboxylic acids is 3. The van der Waals surface area contributed by atoms with Gasteiger partial charge in [-0.1, -0.05) is 142 Å². The van der Waals surface area contributed by atoms with Gasteiger partial charge >= 0.3 is 0 Å². The maximum atomic E-state index is 11.1. The fraction of sp³-hybridized carbons (Fsp3) is 0.559. The summed E-state index contributed by atoms with van der Waals surface area (Å²) in [7, 11) is 0. The second-order valence-corrected chi connectivity index (χ2v) is 9.26. The summed E-state index contributed by atoms with van der Waals surface area (Å²) in [6.45, 7) is 19.9. The molecule has 1 unspecified atom stereocenters. The van der Waals surface area contributed by atoms with Crippen LogP contribution < -0.4 is 5.73 Å². The van der Waals surface area contributed by atoms with Gasteiger partial charge in [-0.15, -0.1) is 0 Å². The van der Waals surface area contributed by atoms with E-state index < -0.39 is 24.2 Å². The van der Waals surface area contributed by atoms with Gasteiger partial charge in [0.05, 0.1) is 5.92 Å². The highest BCUT2D eigenvalue weighted by molar-refractivity contribution is 6.01. The van der Waals surface area contributed by atoms with Gasteiger partial charge in [0, 0.05) is 5.56 Å². The Morgan fingerprint density at radius 3 is 1.38 bits per heavy atom. The molecule has 0 aliphatic carbocycles. The van der Waals surface area contributed by atoms with Crippen molar-refractivity contribution < 1.29 is 19.5 Å². The molecule has 2 aromatic rings. The lowest BCUT2D eigenvalue weighted by Crippen LogP contribution is -2.31. The van der Waals surface area contributed by atoms with E-state index >= 15 is 0 Å². The molecule has 0 spiro atoms. The minimum Gasteiger partial charge on any atom is -0.389 e. The highest BCUT2D eigenvalue weighted by atomic mass is 16.3. The molecule has 3 N–H and O–H groups in total. The molecule has 0 aliphatic rings. The van der Waals surface area contributed by atoms with E-state index in [2.05, 4.69) is 65.8 Å². The number of aliphatic hydroxyl groups excluding tert-OH is 1. The normalized spacial score (nSPS) is 10.2. The van der Waals surface area contributed by atoms with Crippen LogP contribution in [0.4, 0.5) is 0 Å². The van der Waals surface area contributed by atoms with Crippen molar-refractivity contribution in [2.75, 3.05) is 6.61 Å². The molecule has 0 saturated carbocycles. The Bertz CT molecular complexity index is 867. The second kappa shape index (κ2) is 26.8. The molecular weight excluding hydrogens is 486 g/mol. The van der Waals surface area contributed by atoms with Crippen LogP contribution in [0.15, 0.2) is 48.5 Å². The number of hydrogen-bond donors (Lipinski definition) is 2. The van der Waals surface area contributed by atoms with Gasteiger partial charge in [-0.05, 0) is 37.3 Å². The van der Waals surface area contributed by atoms with Crippen LogP contribution in [-0.2, 0) is 9.59 Å². The fourth-order valence-corrected chi connectivity index (χ4v) is 2.98. The van der Waals surface area contributed by atoms with Crippen LogP contribution in [0.25, 0.3) is 11.1 Å². The molecule has 5 nitrogen and oxygen atoms in total. The number of nitrogens with two attached hydrogens (primary N) is 1. The van der Waals surface area contributed by atoms with E-state index in [0.29, 0.717) is 6.42 Å². The lowest BCUT2D eigenvalue weighted by molar-refractivity contribution is -0.134. The molecule has 0 fully saturated rings. The summed E-state index contributed by atoms with van der Waals surface area (Å²) in [5.41, 5.74) is 9.19. The number of ketones is 2. The lowest BCUT2D eigenvalue weighted by atomic mass is 10.0.